The fraction of sp³-hybridized carbons (Fsp3) is 0.273. The zero-order valence-electron chi connectivity index (χ0n) is 9.04. The predicted octanol–water partition coefficient (Wildman–Crippen LogP) is 2.07. The molecule has 6 heteroatoms. The number of carboxylic acids is 1. The van der Waals surface area contributed by atoms with Gasteiger partial charge in [0.2, 0.25) is 0 Å². The SMILES string of the molecule is CC[C@H](NC(=O)c1ccc(F)cc1Cl)C(=O)O. The van der Waals surface area contributed by atoms with Gasteiger partial charge < -0.3 is 10.4 Å². The topological polar surface area (TPSA) is 66.4 Å². The summed E-state index contributed by atoms with van der Waals surface area (Å²) in [5.41, 5.74) is 0.0489. The number of hydrogen-bond acceptors (Lipinski definition) is 2. The van der Waals surface area contributed by atoms with E-state index in [4.69, 9.17) is 16.7 Å². The van der Waals surface area contributed by atoms with Crippen LogP contribution in [-0.4, -0.2) is 23.0 Å². The van der Waals surface area contributed by atoms with E-state index in [0.717, 1.165) is 12.1 Å². The van der Waals surface area contributed by atoms with Gasteiger partial charge in [0.1, 0.15) is 11.9 Å². The van der Waals surface area contributed by atoms with Crippen molar-refractivity contribution in [3.8, 4) is 0 Å². The first-order valence-electron chi connectivity index (χ1n) is 4.94. The summed E-state index contributed by atoms with van der Waals surface area (Å²) >= 11 is 5.68. The highest BCUT2D eigenvalue weighted by atomic mass is 35.5. The molecule has 0 saturated carbocycles. The fourth-order valence-electron chi connectivity index (χ4n) is 1.25. The second-order valence-electron chi connectivity index (χ2n) is 3.40. The molecule has 1 aromatic rings. The standard InChI is InChI=1S/C11H11ClFNO3/c1-2-9(11(16)17)14-10(15)7-4-3-6(13)5-8(7)12/h3-5,9H,2H2,1H3,(H,14,15)(H,16,17)/t9-/m0/s1. The highest BCUT2D eigenvalue weighted by Crippen LogP contribution is 2.17. The summed E-state index contributed by atoms with van der Waals surface area (Å²) in [5, 5.41) is 11.0. The van der Waals surface area contributed by atoms with Crippen LogP contribution in [0.15, 0.2) is 18.2 Å². The maximum absolute atomic E-state index is 12.8. The van der Waals surface area contributed by atoms with Gasteiger partial charge in [-0.3, -0.25) is 4.79 Å². The van der Waals surface area contributed by atoms with E-state index in [1.165, 1.54) is 6.07 Å². The van der Waals surface area contributed by atoms with E-state index >= 15 is 0 Å². The molecule has 0 spiro atoms. The Bertz CT molecular complexity index is 450. The lowest BCUT2D eigenvalue weighted by atomic mass is 10.1. The number of nitrogens with one attached hydrogen (secondary N) is 1. The average Bonchev–Trinajstić information content (AvgIpc) is 2.24. The van der Waals surface area contributed by atoms with Crippen LogP contribution in [0.3, 0.4) is 0 Å². The van der Waals surface area contributed by atoms with Gasteiger partial charge in [-0.2, -0.15) is 0 Å². The third-order valence-corrected chi connectivity index (χ3v) is 2.50. The number of aliphatic carboxylic acids is 1. The van der Waals surface area contributed by atoms with Crippen molar-refractivity contribution in [3.05, 3.63) is 34.6 Å². The Labute approximate surface area is 102 Å². The Morgan fingerprint density at radius 1 is 1.53 bits per heavy atom. The largest absolute Gasteiger partial charge is 0.480 e. The molecule has 0 aliphatic rings. The Morgan fingerprint density at radius 3 is 2.65 bits per heavy atom. The van der Waals surface area contributed by atoms with E-state index < -0.39 is 23.7 Å². The number of carbonyl (C=O) groups is 2. The molecule has 0 bridgehead atoms. The normalized spacial score (nSPS) is 11.9. The Hall–Kier alpha value is -1.62. The molecule has 4 nitrogen and oxygen atoms in total. The molecular formula is C11H11ClFNO3. The molecule has 1 rings (SSSR count). The third-order valence-electron chi connectivity index (χ3n) is 2.19. The van der Waals surface area contributed by atoms with Crippen LogP contribution >= 0.6 is 11.6 Å². The second kappa shape index (κ2) is 5.63. The number of carboxylic acid groups (broad SMARTS) is 1. The van der Waals surface area contributed by atoms with Gasteiger partial charge in [-0.05, 0) is 24.6 Å². The first kappa shape index (κ1) is 13.4. The summed E-state index contributed by atoms with van der Waals surface area (Å²) in [6.45, 7) is 1.63. The van der Waals surface area contributed by atoms with Crippen LogP contribution in [0.5, 0.6) is 0 Å². The van der Waals surface area contributed by atoms with E-state index in [1.807, 2.05) is 0 Å². The summed E-state index contributed by atoms with van der Waals surface area (Å²) in [6.07, 6.45) is 0.250. The van der Waals surface area contributed by atoms with Gasteiger partial charge >= 0.3 is 5.97 Å². The van der Waals surface area contributed by atoms with Crippen LogP contribution in [-0.2, 0) is 4.79 Å². The third kappa shape index (κ3) is 3.42. The first-order valence-corrected chi connectivity index (χ1v) is 5.32. The van der Waals surface area contributed by atoms with Gasteiger partial charge in [-0.15, -0.1) is 0 Å². The summed E-state index contributed by atoms with van der Waals surface area (Å²) < 4.78 is 12.8. The first-order chi connectivity index (χ1) is 7.95. The quantitative estimate of drug-likeness (QED) is 0.870. The minimum atomic E-state index is -1.13. The number of carbonyl (C=O) groups excluding carboxylic acids is 1. The minimum absolute atomic E-state index is 0.0489. The van der Waals surface area contributed by atoms with Crippen molar-refractivity contribution in [1.82, 2.24) is 5.32 Å². The maximum atomic E-state index is 12.8. The monoisotopic (exact) mass is 259 g/mol. The highest BCUT2D eigenvalue weighted by molar-refractivity contribution is 6.33. The van der Waals surface area contributed by atoms with E-state index in [2.05, 4.69) is 5.32 Å². The smallest absolute Gasteiger partial charge is 0.326 e. The van der Waals surface area contributed by atoms with Crippen molar-refractivity contribution >= 4 is 23.5 Å². The maximum Gasteiger partial charge on any atom is 0.326 e. The molecule has 1 aromatic carbocycles. The molecule has 1 amide bonds. The molecule has 0 unspecified atom stereocenters. The van der Waals surface area contributed by atoms with Crippen molar-refractivity contribution in [2.75, 3.05) is 0 Å². The lowest BCUT2D eigenvalue weighted by molar-refractivity contribution is -0.139. The van der Waals surface area contributed by atoms with Gasteiger partial charge in [0.15, 0.2) is 0 Å². The number of benzene rings is 1. The van der Waals surface area contributed by atoms with Crippen LogP contribution in [0.1, 0.15) is 23.7 Å². The van der Waals surface area contributed by atoms with Crippen LogP contribution in [0.4, 0.5) is 4.39 Å². The molecule has 2 N–H and O–H groups in total. The van der Waals surface area contributed by atoms with Crippen molar-refractivity contribution in [2.24, 2.45) is 0 Å². The number of hydrogen-bond donors (Lipinski definition) is 2. The van der Waals surface area contributed by atoms with E-state index in [-0.39, 0.29) is 17.0 Å². The number of rotatable bonds is 4. The molecule has 0 radical (unpaired) electrons. The van der Waals surface area contributed by atoms with Crippen molar-refractivity contribution < 1.29 is 19.1 Å². The van der Waals surface area contributed by atoms with Gasteiger partial charge in [-0.1, -0.05) is 18.5 Å². The van der Waals surface area contributed by atoms with Gasteiger partial charge in [0, 0.05) is 0 Å². The molecule has 0 saturated heterocycles. The van der Waals surface area contributed by atoms with E-state index in [0.29, 0.717) is 0 Å². The molecule has 17 heavy (non-hydrogen) atoms. The van der Waals surface area contributed by atoms with Crippen LogP contribution in [0.25, 0.3) is 0 Å². The summed E-state index contributed by atoms with van der Waals surface area (Å²) in [6, 6.07) is 2.31. The zero-order valence-corrected chi connectivity index (χ0v) is 9.79. The molecule has 1 atom stereocenters. The Morgan fingerprint density at radius 2 is 2.18 bits per heavy atom. The molecule has 0 heterocycles. The molecule has 0 aliphatic carbocycles. The highest BCUT2D eigenvalue weighted by Gasteiger charge is 2.19. The predicted molar refractivity (Wildman–Crippen MR) is 60.6 cm³/mol. The molecule has 0 fully saturated rings. The minimum Gasteiger partial charge on any atom is -0.480 e. The Balaban J connectivity index is 2.86. The van der Waals surface area contributed by atoms with Gasteiger partial charge in [0.25, 0.3) is 5.91 Å². The summed E-state index contributed by atoms with van der Waals surface area (Å²) in [4.78, 5) is 22.4. The van der Waals surface area contributed by atoms with Gasteiger partial charge in [-0.25, -0.2) is 9.18 Å². The lowest BCUT2D eigenvalue weighted by Crippen LogP contribution is -2.40. The molecule has 0 aromatic heterocycles. The number of halogens is 2. The van der Waals surface area contributed by atoms with E-state index in [1.54, 1.807) is 6.92 Å². The number of amides is 1. The van der Waals surface area contributed by atoms with Crippen LogP contribution in [0, 0.1) is 5.82 Å². The summed E-state index contributed by atoms with van der Waals surface area (Å²) in [5.74, 6) is -2.32. The fourth-order valence-corrected chi connectivity index (χ4v) is 1.50. The van der Waals surface area contributed by atoms with Crippen LogP contribution in [0.2, 0.25) is 5.02 Å². The van der Waals surface area contributed by atoms with Crippen LogP contribution < -0.4 is 5.32 Å². The second-order valence-corrected chi connectivity index (χ2v) is 3.80. The van der Waals surface area contributed by atoms with E-state index in [9.17, 15) is 14.0 Å². The van der Waals surface area contributed by atoms with Crippen molar-refractivity contribution in [1.29, 1.82) is 0 Å². The Kier molecular flexibility index (Phi) is 4.45. The van der Waals surface area contributed by atoms with Crippen molar-refractivity contribution in [3.63, 3.8) is 0 Å². The molecule has 0 aliphatic heterocycles. The van der Waals surface area contributed by atoms with Gasteiger partial charge in [0.05, 0.1) is 10.6 Å². The average molecular weight is 260 g/mol. The lowest BCUT2D eigenvalue weighted by Gasteiger charge is -2.12. The summed E-state index contributed by atoms with van der Waals surface area (Å²) in [7, 11) is 0. The molecular weight excluding hydrogens is 249 g/mol. The zero-order chi connectivity index (χ0) is 13.0. The van der Waals surface area contributed by atoms with Crippen molar-refractivity contribution in [2.45, 2.75) is 19.4 Å². The molecule has 92 valence electrons.